The van der Waals surface area contributed by atoms with E-state index in [9.17, 15) is 19.2 Å². The number of carbonyl (C=O) groups is 4. The molecule has 14 heteroatoms. The van der Waals surface area contributed by atoms with Gasteiger partial charge in [0.25, 0.3) is 0 Å². The van der Waals surface area contributed by atoms with E-state index in [1.54, 1.807) is 26.2 Å². The summed E-state index contributed by atoms with van der Waals surface area (Å²) in [6.07, 6.45) is 2.10. The van der Waals surface area contributed by atoms with Crippen LogP contribution >= 0.6 is 0 Å². The van der Waals surface area contributed by atoms with E-state index < -0.39 is 30.3 Å². The summed E-state index contributed by atoms with van der Waals surface area (Å²) in [5.74, 6) is 0.456. The number of nitrogens with one attached hydrogen (secondary N) is 6. The first-order chi connectivity index (χ1) is 23.5. The molecule has 3 aromatic carbocycles. The van der Waals surface area contributed by atoms with Gasteiger partial charge in [-0.25, -0.2) is 19.6 Å². The molecule has 3 atom stereocenters. The number of imidazole rings is 2. The number of hydrogen-bond donors (Lipinski definition) is 6. The van der Waals surface area contributed by atoms with Crippen molar-refractivity contribution in [1.82, 2.24) is 41.2 Å². The van der Waals surface area contributed by atoms with Gasteiger partial charge in [0.05, 0.1) is 50.1 Å². The molecular formula is C35H38N8O6. The van der Waals surface area contributed by atoms with Crippen molar-refractivity contribution in [2.45, 2.75) is 38.9 Å². The Hall–Kier alpha value is -6.18. The van der Waals surface area contributed by atoms with Crippen LogP contribution in [0.5, 0.6) is 0 Å². The van der Waals surface area contributed by atoms with Crippen LogP contribution in [0, 0.1) is 0 Å². The number of aromatic amines is 2. The fraction of sp³-hybridized carbons (Fsp3) is 0.257. The molecule has 5 rings (SSSR count). The number of hydrogen-bond acceptors (Lipinski definition) is 8. The minimum atomic E-state index is -0.765. The third-order valence-electron chi connectivity index (χ3n) is 7.92. The quantitative estimate of drug-likeness (QED) is 0.116. The van der Waals surface area contributed by atoms with Crippen molar-refractivity contribution in [3.05, 3.63) is 84.7 Å². The van der Waals surface area contributed by atoms with Crippen molar-refractivity contribution in [2.75, 3.05) is 20.8 Å². The van der Waals surface area contributed by atoms with Gasteiger partial charge in [-0.3, -0.25) is 9.59 Å². The van der Waals surface area contributed by atoms with Crippen LogP contribution in [0.25, 0.3) is 44.4 Å². The number of aromatic nitrogens is 4. The average molecular weight is 667 g/mol. The summed E-state index contributed by atoms with van der Waals surface area (Å²) in [6, 6.07) is 19.0. The van der Waals surface area contributed by atoms with E-state index in [1.165, 1.54) is 14.2 Å². The Balaban J connectivity index is 1.22. The number of nitrogens with zero attached hydrogens (tertiary/aromatic N) is 2. The van der Waals surface area contributed by atoms with Crippen LogP contribution in [0.3, 0.4) is 0 Å². The number of methoxy groups -OCH3 is 2. The predicted molar refractivity (Wildman–Crippen MR) is 183 cm³/mol. The summed E-state index contributed by atoms with van der Waals surface area (Å²) in [5.41, 5.74) is 5.64. The Morgan fingerprint density at radius 3 is 1.78 bits per heavy atom. The zero-order valence-electron chi connectivity index (χ0n) is 27.7. The van der Waals surface area contributed by atoms with Crippen molar-refractivity contribution >= 4 is 34.8 Å². The molecule has 0 aliphatic carbocycles. The number of amides is 4. The van der Waals surface area contributed by atoms with Crippen LogP contribution in [0.4, 0.5) is 9.59 Å². The zero-order valence-corrected chi connectivity index (χ0v) is 27.7. The van der Waals surface area contributed by atoms with Crippen molar-refractivity contribution in [3.63, 3.8) is 0 Å². The summed E-state index contributed by atoms with van der Waals surface area (Å²) < 4.78 is 9.02. The lowest BCUT2D eigenvalue weighted by molar-refractivity contribution is -0.123. The number of ether oxygens (including phenoxy) is 2. The second-order valence-electron chi connectivity index (χ2n) is 11.4. The van der Waals surface area contributed by atoms with Gasteiger partial charge in [-0.2, -0.15) is 0 Å². The molecule has 14 nitrogen and oxygen atoms in total. The van der Waals surface area contributed by atoms with Crippen molar-refractivity contribution < 1.29 is 28.7 Å². The molecule has 6 N–H and O–H groups in total. The predicted octanol–water partition coefficient (Wildman–Crippen LogP) is 4.74. The Morgan fingerprint density at radius 2 is 1.16 bits per heavy atom. The van der Waals surface area contributed by atoms with Gasteiger partial charge in [-0.15, -0.1) is 0 Å². The molecule has 0 spiro atoms. The van der Waals surface area contributed by atoms with E-state index in [1.807, 2.05) is 37.3 Å². The van der Waals surface area contributed by atoms with Crippen LogP contribution < -0.4 is 21.3 Å². The molecular weight excluding hydrogens is 628 g/mol. The number of carbonyl (C=O) groups excluding carboxylic acids is 4. The Morgan fingerprint density at radius 1 is 0.653 bits per heavy atom. The monoisotopic (exact) mass is 666 g/mol. The topological polar surface area (TPSA) is 192 Å². The fourth-order valence-corrected chi connectivity index (χ4v) is 5.14. The van der Waals surface area contributed by atoms with Gasteiger partial charge in [0.15, 0.2) is 0 Å². The van der Waals surface area contributed by atoms with Gasteiger partial charge >= 0.3 is 12.2 Å². The van der Waals surface area contributed by atoms with Crippen LogP contribution in [0.2, 0.25) is 0 Å². The van der Waals surface area contributed by atoms with Gasteiger partial charge in [0.1, 0.15) is 24.2 Å². The van der Waals surface area contributed by atoms with E-state index in [-0.39, 0.29) is 18.4 Å². The van der Waals surface area contributed by atoms with Crippen LogP contribution in [-0.4, -0.2) is 70.7 Å². The number of benzene rings is 3. The SMILES string of the molecule is COC(=O)NCC(=O)N[C@@H](C)c1ncc(-c2ccc(-c3ccc4cc(-c5cnc([C@H](C)NC(=O)[C@H](C)NC(=O)OC)[nH]5)ccc4c3)cc2)[nH]1. The van der Waals surface area contributed by atoms with Gasteiger partial charge < -0.3 is 40.7 Å². The highest BCUT2D eigenvalue weighted by molar-refractivity contribution is 5.91. The van der Waals surface area contributed by atoms with Crippen molar-refractivity contribution in [2.24, 2.45) is 0 Å². The van der Waals surface area contributed by atoms with E-state index >= 15 is 0 Å². The molecule has 0 unspecified atom stereocenters. The maximum atomic E-state index is 12.5. The Labute approximate surface area is 282 Å². The first-order valence-electron chi connectivity index (χ1n) is 15.6. The molecule has 0 fully saturated rings. The molecule has 2 heterocycles. The second-order valence-corrected chi connectivity index (χ2v) is 11.4. The van der Waals surface area contributed by atoms with E-state index in [4.69, 9.17) is 0 Å². The standard InChI is InChI=1S/C35H38N8O6/c1-19(39-30(44)18-38-34(46)48-4)31-36-16-28(42-31)23-8-6-22(7-9-23)24-10-11-26-15-27(13-12-25(26)14-24)29-17-37-32(43-29)20(2)40-33(45)21(3)41-35(47)49-5/h6-17,19-21H,18H2,1-5H3,(H,36,42)(H,37,43)(H,38,46)(H,39,44)(H,40,45)(H,41,47)/t19-,20-,21-/m0/s1. The molecule has 0 saturated heterocycles. The van der Waals surface area contributed by atoms with Gasteiger partial charge in [-0.1, -0.05) is 48.5 Å². The summed E-state index contributed by atoms with van der Waals surface area (Å²) >= 11 is 0. The first kappa shape index (κ1) is 34.2. The van der Waals surface area contributed by atoms with Gasteiger partial charge in [-0.05, 0) is 60.4 Å². The molecule has 0 saturated carbocycles. The summed E-state index contributed by atoms with van der Waals surface area (Å²) in [6.45, 7) is 4.99. The number of H-pyrrole nitrogens is 2. The minimum absolute atomic E-state index is 0.199. The molecule has 254 valence electrons. The maximum absolute atomic E-state index is 12.5. The lowest BCUT2D eigenvalue weighted by Gasteiger charge is -2.16. The Kier molecular flexibility index (Phi) is 10.6. The third-order valence-corrected chi connectivity index (χ3v) is 7.92. The average Bonchev–Trinajstić information content (AvgIpc) is 3.82. The van der Waals surface area contributed by atoms with Crippen molar-refractivity contribution in [3.8, 4) is 33.6 Å². The summed E-state index contributed by atoms with van der Waals surface area (Å²) in [7, 11) is 2.47. The number of alkyl carbamates (subject to hydrolysis) is 2. The largest absolute Gasteiger partial charge is 0.453 e. The molecule has 49 heavy (non-hydrogen) atoms. The van der Waals surface area contributed by atoms with Crippen LogP contribution in [0.1, 0.15) is 44.5 Å². The molecule has 0 radical (unpaired) electrons. The Bertz CT molecular complexity index is 1970. The molecule has 2 aromatic heterocycles. The van der Waals surface area contributed by atoms with E-state index in [0.29, 0.717) is 11.6 Å². The molecule has 5 aromatic rings. The van der Waals surface area contributed by atoms with E-state index in [2.05, 4.69) is 81.0 Å². The second kappa shape index (κ2) is 15.2. The van der Waals surface area contributed by atoms with Gasteiger partial charge in [0, 0.05) is 5.56 Å². The highest BCUT2D eigenvalue weighted by Crippen LogP contribution is 2.30. The normalized spacial score (nSPS) is 12.8. The lowest BCUT2D eigenvalue weighted by atomic mass is 9.98. The lowest BCUT2D eigenvalue weighted by Crippen LogP contribution is -2.45. The number of rotatable bonds is 11. The molecule has 0 bridgehead atoms. The van der Waals surface area contributed by atoms with E-state index in [0.717, 1.165) is 44.4 Å². The first-order valence-corrected chi connectivity index (χ1v) is 15.6. The fourth-order valence-electron chi connectivity index (χ4n) is 5.14. The van der Waals surface area contributed by atoms with Crippen LogP contribution in [-0.2, 0) is 19.1 Å². The molecule has 0 aliphatic rings. The number of fused-ring (bicyclic) bond motifs is 1. The highest BCUT2D eigenvalue weighted by Gasteiger charge is 2.20. The minimum Gasteiger partial charge on any atom is -0.453 e. The smallest absolute Gasteiger partial charge is 0.407 e. The van der Waals surface area contributed by atoms with Crippen molar-refractivity contribution in [1.29, 1.82) is 0 Å². The molecule has 0 aliphatic heterocycles. The van der Waals surface area contributed by atoms with Crippen LogP contribution in [0.15, 0.2) is 73.1 Å². The zero-order chi connectivity index (χ0) is 35.1. The maximum Gasteiger partial charge on any atom is 0.407 e. The summed E-state index contributed by atoms with van der Waals surface area (Å²) in [4.78, 5) is 62.6. The summed E-state index contributed by atoms with van der Waals surface area (Å²) in [5, 5.41) is 12.5. The molecule has 4 amide bonds. The third kappa shape index (κ3) is 8.41. The highest BCUT2D eigenvalue weighted by atomic mass is 16.5. The van der Waals surface area contributed by atoms with Gasteiger partial charge in [0.2, 0.25) is 11.8 Å².